The average molecular weight is 566 g/mol. The third-order valence-electron chi connectivity index (χ3n) is 7.28. The minimum atomic E-state index is -0.976. The second kappa shape index (κ2) is 13.2. The number of amidine groups is 1. The van der Waals surface area contributed by atoms with Crippen LogP contribution in [0.15, 0.2) is 46.0 Å². The number of carboxylic acids is 1. The van der Waals surface area contributed by atoms with Crippen molar-refractivity contribution in [3.05, 3.63) is 62.9 Å². The van der Waals surface area contributed by atoms with Gasteiger partial charge in [0.25, 0.3) is 5.91 Å². The Hall–Kier alpha value is -3.53. The maximum atomic E-state index is 14.0. The van der Waals surface area contributed by atoms with E-state index in [1.54, 1.807) is 29.2 Å². The predicted octanol–water partition coefficient (Wildman–Crippen LogP) is 6.20. The van der Waals surface area contributed by atoms with Gasteiger partial charge in [0.15, 0.2) is 0 Å². The van der Waals surface area contributed by atoms with Crippen LogP contribution in [0.3, 0.4) is 0 Å². The quantitative estimate of drug-likeness (QED) is 0.176. The predicted molar refractivity (Wildman–Crippen MR) is 156 cm³/mol. The van der Waals surface area contributed by atoms with Crippen LogP contribution >= 0.6 is 11.3 Å². The molecule has 2 aliphatic rings. The second-order valence-corrected chi connectivity index (χ2v) is 11.5. The molecule has 0 spiro atoms. The fourth-order valence-corrected chi connectivity index (χ4v) is 5.80. The van der Waals surface area contributed by atoms with E-state index in [1.165, 1.54) is 16.2 Å². The molecule has 2 aromatic rings. The van der Waals surface area contributed by atoms with Crippen molar-refractivity contribution in [1.82, 2.24) is 19.7 Å². The minimum Gasteiger partial charge on any atom is -0.478 e. The van der Waals surface area contributed by atoms with Crippen LogP contribution in [-0.2, 0) is 17.9 Å². The molecule has 1 atom stereocenters. The first-order valence-electron chi connectivity index (χ1n) is 14.2. The summed E-state index contributed by atoms with van der Waals surface area (Å²) in [5, 5.41) is 12.2. The number of aliphatic imine (C=N–C) groups is 1. The summed E-state index contributed by atoms with van der Waals surface area (Å²) in [6.45, 7) is 9.18. The lowest BCUT2D eigenvalue weighted by molar-refractivity contribution is -0.123. The van der Waals surface area contributed by atoms with Crippen LogP contribution in [0.2, 0.25) is 0 Å². The maximum Gasteiger partial charge on any atom is 0.335 e. The van der Waals surface area contributed by atoms with E-state index in [1.807, 2.05) is 19.2 Å². The molecule has 3 heterocycles. The van der Waals surface area contributed by atoms with Gasteiger partial charge < -0.3 is 10.0 Å². The van der Waals surface area contributed by atoms with Gasteiger partial charge in [-0.1, -0.05) is 51.7 Å². The summed E-state index contributed by atoms with van der Waals surface area (Å²) in [5.74, 6) is -0.380. The molecule has 1 N–H and O–H groups in total. The zero-order valence-electron chi connectivity index (χ0n) is 23.9. The fourth-order valence-electron chi connectivity index (χ4n) is 5.19. The minimum absolute atomic E-state index is 0.219. The standard InChI is InChI=1S/C30H39N5O4S/c1-5-7-9-10-16-33-28(36)27(35(30(33)39)18-24-19-40-21(4)32-24)26-20(3)31-25(11-8-6-2)34(26)17-22-12-14-23(15-13-22)29(37)38/h12-15,19-20H,5-11,16-18H2,1-4H3,(H,37,38)/b27-26-. The number of nitrogens with zero attached hydrogens (tertiary/aromatic N) is 5. The third kappa shape index (κ3) is 6.43. The van der Waals surface area contributed by atoms with E-state index in [0.29, 0.717) is 18.8 Å². The van der Waals surface area contributed by atoms with Gasteiger partial charge in [-0.05, 0) is 44.4 Å². The average Bonchev–Trinajstić information content (AvgIpc) is 3.55. The summed E-state index contributed by atoms with van der Waals surface area (Å²) >= 11 is 1.52. The topological polar surface area (TPSA) is 106 Å². The number of hydrogen-bond acceptors (Lipinski definition) is 7. The number of urea groups is 1. The number of aromatic nitrogens is 1. The molecule has 1 fully saturated rings. The Kier molecular flexibility index (Phi) is 9.73. The normalized spacial score (nSPS) is 19.2. The first-order chi connectivity index (χ1) is 19.2. The van der Waals surface area contributed by atoms with E-state index in [0.717, 1.165) is 72.7 Å². The van der Waals surface area contributed by atoms with Gasteiger partial charge in [0.05, 0.1) is 34.5 Å². The number of aromatic carboxylic acids is 1. The Bertz CT molecular complexity index is 1300. The van der Waals surface area contributed by atoms with E-state index in [-0.39, 0.29) is 30.1 Å². The fraction of sp³-hybridized carbons (Fsp3) is 0.500. The molecule has 1 aromatic heterocycles. The molecule has 4 rings (SSSR count). The third-order valence-corrected chi connectivity index (χ3v) is 8.10. The number of imide groups is 1. The number of aryl methyl sites for hydroxylation is 1. The molecule has 2 aliphatic heterocycles. The number of benzene rings is 1. The Balaban J connectivity index is 1.75. The first kappa shape index (κ1) is 29.5. The van der Waals surface area contributed by atoms with Crippen molar-refractivity contribution in [3.63, 3.8) is 0 Å². The lowest BCUT2D eigenvalue weighted by atomic mass is 10.1. The van der Waals surface area contributed by atoms with Gasteiger partial charge in [0.2, 0.25) is 0 Å². The number of carboxylic acid groups (broad SMARTS) is 1. The molecule has 0 aliphatic carbocycles. The summed E-state index contributed by atoms with van der Waals surface area (Å²) in [5.41, 5.74) is 2.96. The molecular formula is C30H39N5O4S. The summed E-state index contributed by atoms with van der Waals surface area (Å²) in [4.78, 5) is 53.7. The lowest BCUT2D eigenvalue weighted by Gasteiger charge is -2.27. The van der Waals surface area contributed by atoms with Crippen LogP contribution in [0.5, 0.6) is 0 Å². The molecule has 0 saturated carbocycles. The van der Waals surface area contributed by atoms with Crippen molar-refractivity contribution in [2.45, 2.75) is 91.8 Å². The van der Waals surface area contributed by atoms with Crippen LogP contribution < -0.4 is 0 Å². The summed E-state index contributed by atoms with van der Waals surface area (Å²) < 4.78 is 0. The highest BCUT2D eigenvalue weighted by molar-refractivity contribution is 7.09. The van der Waals surface area contributed by atoms with Crippen molar-refractivity contribution < 1.29 is 19.5 Å². The zero-order valence-corrected chi connectivity index (χ0v) is 24.7. The molecule has 214 valence electrons. The zero-order chi connectivity index (χ0) is 28.8. The van der Waals surface area contributed by atoms with Gasteiger partial charge in [0, 0.05) is 24.9 Å². The largest absolute Gasteiger partial charge is 0.478 e. The SMILES string of the molecule is CCCCCCN1C(=O)/C(=C2\C(C)N=C(CCCC)N2Cc2ccc(C(=O)O)cc2)N(Cc2csc(C)n2)C1=O. The van der Waals surface area contributed by atoms with Crippen LogP contribution in [0, 0.1) is 6.92 Å². The van der Waals surface area contributed by atoms with Crippen LogP contribution in [0.1, 0.15) is 92.3 Å². The van der Waals surface area contributed by atoms with Crippen molar-refractivity contribution in [2.24, 2.45) is 4.99 Å². The van der Waals surface area contributed by atoms with Crippen molar-refractivity contribution in [1.29, 1.82) is 0 Å². The number of amides is 3. The van der Waals surface area contributed by atoms with Crippen molar-refractivity contribution in [2.75, 3.05) is 6.54 Å². The van der Waals surface area contributed by atoms with E-state index in [9.17, 15) is 19.5 Å². The smallest absolute Gasteiger partial charge is 0.335 e. The van der Waals surface area contributed by atoms with Gasteiger partial charge in [-0.25, -0.2) is 14.6 Å². The number of rotatable bonds is 13. The molecule has 1 saturated heterocycles. The van der Waals surface area contributed by atoms with Crippen LogP contribution in [-0.4, -0.2) is 61.1 Å². The van der Waals surface area contributed by atoms with Gasteiger partial charge >= 0.3 is 12.0 Å². The van der Waals surface area contributed by atoms with Gasteiger partial charge in [-0.3, -0.25) is 19.6 Å². The molecule has 40 heavy (non-hydrogen) atoms. The summed E-state index contributed by atoms with van der Waals surface area (Å²) in [6, 6.07) is 6.15. The van der Waals surface area contributed by atoms with E-state index >= 15 is 0 Å². The highest BCUT2D eigenvalue weighted by atomic mass is 32.1. The molecule has 9 nitrogen and oxygen atoms in total. The van der Waals surface area contributed by atoms with Crippen molar-refractivity contribution >= 4 is 35.1 Å². The Labute approximate surface area is 240 Å². The number of hydrogen-bond donors (Lipinski definition) is 1. The Morgan fingerprint density at radius 2 is 1.70 bits per heavy atom. The van der Waals surface area contributed by atoms with Gasteiger partial charge in [-0.2, -0.15) is 0 Å². The van der Waals surface area contributed by atoms with Gasteiger partial charge in [-0.15, -0.1) is 11.3 Å². The second-order valence-electron chi connectivity index (χ2n) is 10.4. The summed E-state index contributed by atoms with van der Waals surface area (Å²) in [6.07, 6.45) is 6.56. The number of carbonyl (C=O) groups is 3. The molecule has 0 radical (unpaired) electrons. The number of unbranched alkanes of at least 4 members (excludes halogenated alkanes) is 4. The molecule has 10 heteroatoms. The first-order valence-corrected chi connectivity index (χ1v) is 15.1. The maximum absolute atomic E-state index is 14.0. The van der Waals surface area contributed by atoms with Crippen molar-refractivity contribution in [3.8, 4) is 0 Å². The Morgan fingerprint density at radius 3 is 2.33 bits per heavy atom. The molecule has 1 aromatic carbocycles. The highest BCUT2D eigenvalue weighted by Crippen LogP contribution is 2.35. The lowest BCUT2D eigenvalue weighted by Crippen LogP contribution is -2.34. The van der Waals surface area contributed by atoms with Gasteiger partial charge in [0.1, 0.15) is 11.5 Å². The molecular weight excluding hydrogens is 526 g/mol. The van der Waals surface area contributed by atoms with Crippen LogP contribution in [0.4, 0.5) is 4.79 Å². The van der Waals surface area contributed by atoms with Crippen LogP contribution in [0.25, 0.3) is 0 Å². The molecule has 0 bridgehead atoms. The Morgan fingerprint density at radius 1 is 0.975 bits per heavy atom. The highest BCUT2D eigenvalue weighted by Gasteiger charge is 2.46. The van der Waals surface area contributed by atoms with E-state index < -0.39 is 5.97 Å². The van der Waals surface area contributed by atoms with E-state index in [2.05, 4.69) is 23.7 Å². The molecule has 3 amide bonds. The monoisotopic (exact) mass is 565 g/mol. The van der Waals surface area contributed by atoms with E-state index in [4.69, 9.17) is 4.99 Å². The number of thiazole rings is 1. The molecule has 1 unspecified atom stereocenters. The number of carbonyl (C=O) groups excluding carboxylic acids is 2. The summed E-state index contributed by atoms with van der Waals surface area (Å²) in [7, 11) is 0.